The lowest BCUT2D eigenvalue weighted by Gasteiger charge is -2.32. The van der Waals surface area contributed by atoms with Crippen LogP contribution in [0.5, 0.6) is 0 Å². The molecule has 0 amide bonds. The first-order valence-corrected chi connectivity index (χ1v) is 5.81. The summed E-state index contributed by atoms with van der Waals surface area (Å²) >= 11 is 0. The molecule has 3 aliphatic rings. The lowest BCUT2D eigenvalue weighted by molar-refractivity contribution is -0.126. The minimum Gasteiger partial charge on any atom is -0.299 e. The number of ketones is 2. The highest BCUT2D eigenvalue weighted by Gasteiger charge is 2.47. The van der Waals surface area contributed by atoms with Crippen molar-refractivity contribution < 1.29 is 9.59 Å². The molecule has 3 aliphatic carbocycles. The van der Waals surface area contributed by atoms with Gasteiger partial charge in [0.15, 0.2) is 0 Å². The number of Topliss-reactive ketones (excluding diaryl/α,β-unsaturated/α-hetero) is 2. The molecular weight excluding hydrogens is 176 g/mol. The molecule has 0 aromatic carbocycles. The Kier molecular flexibility index (Phi) is 1.80. The molecule has 0 spiro atoms. The second-order valence-electron chi connectivity index (χ2n) is 5.21. The molecule has 2 heteroatoms. The van der Waals surface area contributed by atoms with Crippen LogP contribution in [0.25, 0.3) is 0 Å². The fourth-order valence-electron chi connectivity index (χ4n) is 3.82. The van der Waals surface area contributed by atoms with Gasteiger partial charge in [-0.2, -0.15) is 0 Å². The summed E-state index contributed by atoms with van der Waals surface area (Å²) in [6.45, 7) is 0. The van der Waals surface area contributed by atoms with Crippen molar-refractivity contribution in [2.75, 3.05) is 0 Å². The lowest BCUT2D eigenvalue weighted by atomic mass is 9.70. The molecule has 0 aromatic rings. The molecule has 76 valence electrons. The van der Waals surface area contributed by atoms with Crippen LogP contribution in [-0.4, -0.2) is 11.6 Å². The van der Waals surface area contributed by atoms with Crippen LogP contribution in [0, 0.1) is 23.7 Å². The number of carbonyl (C=O) groups excluding carboxylic acids is 2. The Morgan fingerprint density at radius 2 is 1.21 bits per heavy atom. The second-order valence-corrected chi connectivity index (χ2v) is 5.21. The number of hydrogen-bond donors (Lipinski definition) is 0. The zero-order valence-electron chi connectivity index (χ0n) is 8.37. The van der Waals surface area contributed by atoms with Crippen molar-refractivity contribution in [3.8, 4) is 0 Å². The van der Waals surface area contributed by atoms with Crippen LogP contribution in [0.15, 0.2) is 0 Å². The summed E-state index contributed by atoms with van der Waals surface area (Å²) in [5.41, 5.74) is 0. The Morgan fingerprint density at radius 1 is 0.786 bits per heavy atom. The third-order valence-corrected chi connectivity index (χ3v) is 4.60. The largest absolute Gasteiger partial charge is 0.299 e. The predicted molar refractivity (Wildman–Crippen MR) is 51.7 cm³/mol. The van der Waals surface area contributed by atoms with Gasteiger partial charge >= 0.3 is 0 Å². The van der Waals surface area contributed by atoms with Gasteiger partial charge in [-0.05, 0) is 37.5 Å². The van der Waals surface area contributed by atoms with E-state index in [9.17, 15) is 9.59 Å². The molecule has 0 bridgehead atoms. The van der Waals surface area contributed by atoms with Gasteiger partial charge in [0.2, 0.25) is 0 Å². The standard InChI is InChI=1S/C12H16O2/c13-11-3-1-7-5-10-8(6-9(7)11)2-4-12(10)14/h7-10H,1-6H2. The third kappa shape index (κ3) is 1.09. The van der Waals surface area contributed by atoms with E-state index in [2.05, 4.69) is 0 Å². The zero-order valence-corrected chi connectivity index (χ0v) is 8.37. The van der Waals surface area contributed by atoms with Crippen molar-refractivity contribution in [2.45, 2.75) is 38.5 Å². The van der Waals surface area contributed by atoms with E-state index in [0.29, 0.717) is 35.2 Å². The molecule has 0 radical (unpaired) electrons. The minimum absolute atomic E-state index is 0.335. The van der Waals surface area contributed by atoms with Crippen LogP contribution in [0.4, 0.5) is 0 Å². The Bertz CT molecular complexity index is 265. The average Bonchev–Trinajstić information content (AvgIpc) is 2.71. The molecule has 0 heterocycles. The summed E-state index contributed by atoms with van der Waals surface area (Å²) < 4.78 is 0. The quantitative estimate of drug-likeness (QED) is 0.588. The molecule has 3 rings (SSSR count). The van der Waals surface area contributed by atoms with Gasteiger partial charge in [0.25, 0.3) is 0 Å². The van der Waals surface area contributed by atoms with Crippen LogP contribution >= 0.6 is 0 Å². The highest BCUT2D eigenvalue weighted by Crippen LogP contribution is 2.49. The molecule has 0 saturated heterocycles. The second kappa shape index (κ2) is 2.91. The van der Waals surface area contributed by atoms with E-state index in [0.717, 1.165) is 38.5 Å². The maximum absolute atomic E-state index is 11.6. The van der Waals surface area contributed by atoms with Crippen LogP contribution in [0.2, 0.25) is 0 Å². The maximum Gasteiger partial charge on any atom is 0.136 e. The average molecular weight is 192 g/mol. The van der Waals surface area contributed by atoms with Crippen molar-refractivity contribution in [2.24, 2.45) is 23.7 Å². The van der Waals surface area contributed by atoms with E-state index in [1.807, 2.05) is 0 Å². The Hall–Kier alpha value is -0.660. The van der Waals surface area contributed by atoms with Gasteiger partial charge in [-0.3, -0.25) is 9.59 Å². The fourth-order valence-corrected chi connectivity index (χ4v) is 3.82. The first-order valence-electron chi connectivity index (χ1n) is 5.81. The van der Waals surface area contributed by atoms with Crippen LogP contribution in [0.1, 0.15) is 38.5 Å². The number of rotatable bonds is 0. The molecule has 0 N–H and O–H groups in total. The lowest BCUT2D eigenvalue weighted by Crippen LogP contribution is -2.31. The van der Waals surface area contributed by atoms with Gasteiger partial charge in [-0.25, -0.2) is 0 Å². The summed E-state index contributed by atoms with van der Waals surface area (Å²) in [7, 11) is 0. The highest BCUT2D eigenvalue weighted by molar-refractivity contribution is 5.86. The zero-order chi connectivity index (χ0) is 9.71. The SMILES string of the molecule is O=C1CCC2CC3C(=O)CCC3CC12. The van der Waals surface area contributed by atoms with E-state index in [1.54, 1.807) is 0 Å². The summed E-state index contributed by atoms with van der Waals surface area (Å²) in [5, 5.41) is 0. The van der Waals surface area contributed by atoms with Crippen LogP contribution in [0.3, 0.4) is 0 Å². The number of hydrogen-bond acceptors (Lipinski definition) is 2. The van der Waals surface area contributed by atoms with Crippen molar-refractivity contribution >= 4 is 11.6 Å². The number of carbonyl (C=O) groups is 2. The first-order chi connectivity index (χ1) is 6.75. The van der Waals surface area contributed by atoms with Gasteiger partial charge in [0, 0.05) is 24.7 Å². The van der Waals surface area contributed by atoms with Gasteiger partial charge in [-0.1, -0.05) is 0 Å². The van der Waals surface area contributed by atoms with E-state index < -0.39 is 0 Å². The fraction of sp³-hybridized carbons (Fsp3) is 0.833. The summed E-state index contributed by atoms with van der Waals surface area (Å²) in [5.74, 6) is 2.75. The monoisotopic (exact) mass is 192 g/mol. The molecule has 3 fully saturated rings. The molecule has 0 aromatic heterocycles. The molecule has 3 saturated carbocycles. The Balaban J connectivity index is 1.83. The summed E-state index contributed by atoms with van der Waals surface area (Å²) in [4.78, 5) is 23.2. The minimum atomic E-state index is 0.335. The van der Waals surface area contributed by atoms with Gasteiger partial charge < -0.3 is 0 Å². The smallest absolute Gasteiger partial charge is 0.136 e. The summed E-state index contributed by atoms with van der Waals surface area (Å²) in [6.07, 6.45) is 5.73. The van der Waals surface area contributed by atoms with Gasteiger partial charge in [0.05, 0.1) is 0 Å². The van der Waals surface area contributed by atoms with Crippen molar-refractivity contribution in [3.05, 3.63) is 0 Å². The van der Waals surface area contributed by atoms with E-state index in [1.165, 1.54) is 0 Å². The highest BCUT2D eigenvalue weighted by atomic mass is 16.1. The van der Waals surface area contributed by atoms with Crippen molar-refractivity contribution in [1.29, 1.82) is 0 Å². The van der Waals surface area contributed by atoms with Gasteiger partial charge in [0.1, 0.15) is 11.6 Å². The van der Waals surface area contributed by atoms with Crippen LogP contribution < -0.4 is 0 Å². The molecule has 0 aliphatic heterocycles. The third-order valence-electron chi connectivity index (χ3n) is 4.60. The molecular formula is C12H16O2. The predicted octanol–water partition coefficient (Wildman–Crippen LogP) is 1.97. The Labute approximate surface area is 84.1 Å². The topological polar surface area (TPSA) is 34.1 Å². The molecule has 2 nitrogen and oxygen atoms in total. The van der Waals surface area contributed by atoms with Crippen molar-refractivity contribution in [1.82, 2.24) is 0 Å². The molecule has 4 unspecified atom stereocenters. The van der Waals surface area contributed by atoms with Crippen LogP contribution in [-0.2, 0) is 9.59 Å². The van der Waals surface area contributed by atoms with Gasteiger partial charge in [-0.15, -0.1) is 0 Å². The summed E-state index contributed by atoms with van der Waals surface area (Å²) in [6, 6.07) is 0. The maximum atomic E-state index is 11.6. The normalized spacial score (nSPS) is 46.6. The van der Waals surface area contributed by atoms with E-state index >= 15 is 0 Å². The molecule has 4 atom stereocenters. The van der Waals surface area contributed by atoms with E-state index in [4.69, 9.17) is 0 Å². The number of fused-ring (bicyclic) bond motifs is 2. The molecule has 14 heavy (non-hydrogen) atoms. The van der Waals surface area contributed by atoms with Crippen molar-refractivity contribution in [3.63, 3.8) is 0 Å². The van der Waals surface area contributed by atoms with E-state index in [-0.39, 0.29) is 0 Å². The first kappa shape index (κ1) is 8.63. The Morgan fingerprint density at radius 3 is 1.64 bits per heavy atom.